The number of amides is 1. The molecule has 4 heteroatoms. The SMILES string of the molecule is Cc1cc(O)ccc1C(=O)N1CCOC(C)C1. The van der Waals surface area contributed by atoms with Crippen molar-refractivity contribution in [2.45, 2.75) is 20.0 Å². The van der Waals surface area contributed by atoms with Crippen LogP contribution in [0.5, 0.6) is 5.75 Å². The average molecular weight is 235 g/mol. The van der Waals surface area contributed by atoms with Crippen molar-refractivity contribution >= 4 is 5.91 Å². The minimum absolute atomic E-state index is 0.0117. The van der Waals surface area contributed by atoms with E-state index >= 15 is 0 Å². The van der Waals surface area contributed by atoms with E-state index in [-0.39, 0.29) is 17.8 Å². The van der Waals surface area contributed by atoms with Crippen LogP contribution < -0.4 is 0 Å². The number of rotatable bonds is 1. The van der Waals surface area contributed by atoms with E-state index in [1.807, 2.05) is 13.8 Å². The van der Waals surface area contributed by atoms with Gasteiger partial charge in [0, 0.05) is 18.7 Å². The maximum Gasteiger partial charge on any atom is 0.254 e. The Bertz CT molecular complexity index is 431. The highest BCUT2D eigenvalue weighted by Gasteiger charge is 2.23. The lowest BCUT2D eigenvalue weighted by atomic mass is 10.1. The van der Waals surface area contributed by atoms with Gasteiger partial charge in [-0.1, -0.05) is 0 Å². The van der Waals surface area contributed by atoms with Crippen LogP contribution in [0.4, 0.5) is 0 Å². The molecular formula is C13H17NO3. The van der Waals surface area contributed by atoms with Gasteiger partial charge in [-0.2, -0.15) is 0 Å². The number of hydrogen-bond acceptors (Lipinski definition) is 3. The zero-order valence-corrected chi connectivity index (χ0v) is 10.1. The maximum atomic E-state index is 12.3. The third-order valence-electron chi connectivity index (χ3n) is 2.97. The lowest BCUT2D eigenvalue weighted by molar-refractivity contribution is -0.0124. The molecule has 1 aromatic rings. The quantitative estimate of drug-likeness (QED) is 0.803. The molecule has 0 radical (unpaired) electrons. The van der Waals surface area contributed by atoms with Gasteiger partial charge in [0.1, 0.15) is 5.75 Å². The topological polar surface area (TPSA) is 49.8 Å². The molecule has 1 atom stereocenters. The van der Waals surface area contributed by atoms with Crippen molar-refractivity contribution in [1.82, 2.24) is 4.90 Å². The Morgan fingerprint density at radius 3 is 2.94 bits per heavy atom. The van der Waals surface area contributed by atoms with Crippen LogP contribution in [-0.2, 0) is 4.74 Å². The van der Waals surface area contributed by atoms with Gasteiger partial charge in [-0.05, 0) is 37.6 Å². The van der Waals surface area contributed by atoms with Crippen molar-refractivity contribution in [3.8, 4) is 5.75 Å². The van der Waals surface area contributed by atoms with E-state index in [0.29, 0.717) is 25.3 Å². The van der Waals surface area contributed by atoms with Crippen molar-refractivity contribution in [2.75, 3.05) is 19.7 Å². The predicted octanol–water partition coefficient (Wildman–Crippen LogP) is 1.56. The van der Waals surface area contributed by atoms with Crippen molar-refractivity contribution in [3.05, 3.63) is 29.3 Å². The van der Waals surface area contributed by atoms with Gasteiger partial charge in [0.15, 0.2) is 0 Å². The molecule has 1 heterocycles. The Hall–Kier alpha value is -1.55. The number of phenols is 1. The summed E-state index contributed by atoms with van der Waals surface area (Å²) in [7, 11) is 0. The van der Waals surface area contributed by atoms with Crippen LogP contribution in [0.2, 0.25) is 0 Å². The third-order valence-corrected chi connectivity index (χ3v) is 2.97. The molecule has 1 N–H and O–H groups in total. The third kappa shape index (κ3) is 2.58. The van der Waals surface area contributed by atoms with E-state index in [9.17, 15) is 9.90 Å². The fourth-order valence-electron chi connectivity index (χ4n) is 2.06. The molecule has 1 saturated heterocycles. The molecule has 92 valence electrons. The van der Waals surface area contributed by atoms with Crippen LogP contribution in [0.1, 0.15) is 22.8 Å². The average Bonchev–Trinajstić information content (AvgIpc) is 2.28. The van der Waals surface area contributed by atoms with Crippen LogP contribution >= 0.6 is 0 Å². The number of phenolic OH excluding ortho intramolecular Hbond substituents is 1. The zero-order valence-electron chi connectivity index (χ0n) is 10.1. The highest BCUT2D eigenvalue weighted by atomic mass is 16.5. The summed E-state index contributed by atoms with van der Waals surface area (Å²) >= 11 is 0. The maximum absolute atomic E-state index is 12.3. The molecule has 0 saturated carbocycles. The highest BCUT2D eigenvalue weighted by Crippen LogP contribution is 2.18. The van der Waals surface area contributed by atoms with Gasteiger partial charge in [-0.15, -0.1) is 0 Å². The molecule has 17 heavy (non-hydrogen) atoms. The summed E-state index contributed by atoms with van der Waals surface area (Å²) < 4.78 is 5.41. The summed E-state index contributed by atoms with van der Waals surface area (Å²) in [5, 5.41) is 9.33. The lowest BCUT2D eigenvalue weighted by Gasteiger charge is -2.31. The van der Waals surface area contributed by atoms with E-state index in [0.717, 1.165) is 5.56 Å². The van der Waals surface area contributed by atoms with Crippen molar-refractivity contribution in [2.24, 2.45) is 0 Å². The summed E-state index contributed by atoms with van der Waals surface area (Å²) in [6.07, 6.45) is 0.0881. The number of morpholine rings is 1. The molecule has 1 fully saturated rings. The Morgan fingerprint density at radius 2 is 2.29 bits per heavy atom. The Balaban J connectivity index is 2.18. The fourth-order valence-corrected chi connectivity index (χ4v) is 2.06. The van der Waals surface area contributed by atoms with E-state index < -0.39 is 0 Å². The van der Waals surface area contributed by atoms with Crippen molar-refractivity contribution in [1.29, 1.82) is 0 Å². The number of aryl methyl sites for hydroxylation is 1. The standard InChI is InChI=1S/C13H17NO3/c1-9-7-11(15)3-4-12(9)13(16)14-5-6-17-10(2)8-14/h3-4,7,10,15H,5-6,8H2,1-2H3. The van der Waals surface area contributed by atoms with E-state index in [2.05, 4.69) is 0 Å². The lowest BCUT2D eigenvalue weighted by Crippen LogP contribution is -2.44. The summed E-state index contributed by atoms with van der Waals surface area (Å²) in [5.41, 5.74) is 1.45. The fraction of sp³-hybridized carbons (Fsp3) is 0.462. The molecule has 1 aliphatic heterocycles. The summed E-state index contributed by atoms with van der Waals surface area (Å²) in [6, 6.07) is 4.83. The molecule has 1 aliphatic rings. The predicted molar refractivity (Wildman–Crippen MR) is 64.2 cm³/mol. The Kier molecular flexibility index (Phi) is 3.33. The summed E-state index contributed by atoms with van der Waals surface area (Å²) in [6.45, 7) is 5.63. The molecule has 4 nitrogen and oxygen atoms in total. The Morgan fingerprint density at radius 1 is 1.53 bits per heavy atom. The number of carbonyl (C=O) groups is 1. The summed E-state index contributed by atoms with van der Waals surface area (Å²) in [4.78, 5) is 14.1. The molecule has 1 amide bonds. The van der Waals surface area contributed by atoms with Crippen LogP contribution in [-0.4, -0.2) is 41.7 Å². The number of nitrogens with zero attached hydrogens (tertiary/aromatic N) is 1. The molecule has 1 aromatic carbocycles. The monoisotopic (exact) mass is 235 g/mol. The highest BCUT2D eigenvalue weighted by molar-refractivity contribution is 5.95. The number of aromatic hydroxyl groups is 1. The first-order valence-electron chi connectivity index (χ1n) is 5.78. The molecule has 0 aromatic heterocycles. The minimum Gasteiger partial charge on any atom is -0.508 e. The smallest absolute Gasteiger partial charge is 0.254 e. The first-order chi connectivity index (χ1) is 8.08. The molecular weight excluding hydrogens is 218 g/mol. The van der Waals surface area contributed by atoms with Crippen LogP contribution in [0.3, 0.4) is 0 Å². The normalized spacial score (nSPS) is 20.4. The van der Waals surface area contributed by atoms with Crippen molar-refractivity contribution < 1.29 is 14.6 Å². The van der Waals surface area contributed by atoms with Crippen molar-refractivity contribution in [3.63, 3.8) is 0 Å². The second-order valence-corrected chi connectivity index (χ2v) is 4.43. The molecule has 2 rings (SSSR count). The van der Waals surface area contributed by atoms with Gasteiger partial charge >= 0.3 is 0 Å². The van der Waals surface area contributed by atoms with Crippen LogP contribution in [0.15, 0.2) is 18.2 Å². The second-order valence-electron chi connectivity index (χ2n) is 4.43. The molecule has 0 aliphatic carbocycles. The van der Waals surface area contributed by atoms with Gasteiger partial charge < -0.3 is 14.7 Å². The van der Waals surface area contributed by atoms with Gasteiger partial charge in [0.25, 0.3) is 5.91 Å². The zero-order chi connectivity index (χ0) is 12.4. The van der Waals surface area contributed by atoms with Gasteiger partial charge in [-0.3, -0.25) is 4.79 Å². The molecule has 0 spiro atoms. The first-order valence-corrected chi connectivity index (χ1v) is 5.78. The van der Waals surface area contributed by atoms with E-state index in [4.69, 9.17) is 4.74 Å². The van der Waals surface area contributed by atoms with Crippen LogP contribution in [0, 0.1) is 6.92 Å². The Labute approximate surface area is 101 Å². The van der Waals surface area contributed by atoms with Gasteiger partial charge in [-0.25, -0.2) is 0 Å². The number of ether oxygens (including phenoxy) is 1. The van der Waals surface area contributed by atoms with Crippen LogP contribution in [0.25, 0.3) is 0 Å². The van der Waals surface area contributed by atoms with Gasteiger partial charge in [0.05, 0.1) is 12.7 Å². The number of carbonyl (C=O) groups excluding carboxylic acids is 1. The molecule has 0 bridgehead atoms. The number of hydrogen-bond donors (Lipinski definition) is 1. The first kappa shape index (κ1) is 11.9. The van der Waals surface area contributed by atoms with E-state index in [1.165, 1.54) is 0 Å². The molecule has 1 unspecified atom stereocenters. The number of benzene rings is 1. The second kappa shape index (κ2) is 4.75. The largest absolute Gasteiger partial charge is 0.508 e. The minimum atomic E-state index is 0.0117. The summed E-state index contributed by atoms with van der Waals surface area (Å²) in [5.74, 6) is 0.201. The van der Waals surface area contributed by atoms with E-state index in [1.54, 1.807) is 23.1 Å². The van der Waals surface area contributed by atoms with Gasteiger partial charge in [0.2, 0.25) is 0 Å².